The van der Waals surface area contributed by atoms with Gasteiger partial charge in [-0.2, -0.15) is 0 Å². The number of benzene rings is 2. The Kier molecular flexibility index (Phi) is 2.48. The Balaban J connectivity index is 2.39. The van der Waals surface area contributed by atoms with Crippen molar-refractivity contribution in [1.82, 2.24) is 4.98 Å². The molecule has 0 fully saturated rings. The second-order valence-corrected chi connectivity index (χ2v) is 5.31. The summed E-state index contributed by atoms with van der Waals surface area (Å²) in [4.78, 5) is 4.65. The average Bonchev–Trinajstić information content (AvgIpc) is 2.74. The van der Waals surface area contributed by atoms with Crippen LogP contribution >= 0.6 is 11.3 Å². The first kappa shape index (κ1) is 10.5. The van der Waals surface area contributed by atoms with E-state index in [9.17, 15) is 0 Å². The topological polar surface area (TPSA) is 38.9 Å². The molecule has 0 bridgehead atoms. The second kappa shape index (κ2) is 4.00. The summed E-state index contributed by atoms with van der Waals surface area (Å²) in [7, 11) is 0. The van der Waals surface area contributed by atoms with Crippen LogP contribution in [0.4, 0.5) is 5.69 Å². The molecule has 0 saturated heterocycles. The van der Waals surface area contributed by atoms with E-state index in [0.29, 0.717) is 0 Å². The molecule has 2 nitrogen and oxygen atoms in total. The van der Waals surface area contributed by atoms with Gasteiger partial charge in [0.25, 0.3) is 0 Å². The van der Waals surface area contributed by atoms with Gasteiger partial charge in [-0.3, -0.25) is 0 Å². The van der Waals surface area contributed by atoms with E-state index in [2.05, 4.69) is 30.1 Å². The lowest BCUT2D eigenvalue weighted by Gasteiger charge is -2.00. The Labute approximate surface area is 104 Å². The Morgan fingerprint density at radius 3 is 2.94 bits per heavy atom. The SMILES string of the molecule is CCCc1nc2c(N)cc3ccccc3c2s1. The van der Waals surface area contributed by atoms with Gasteiger partial charge >= 0.3 is 0 Å². The molecule has 86 valence electrons. The van der Waals surface area contributed by atoms with E-state index >= 15 is 0 Å². The first-order chi connectivity index (χ1) is 8.29. The molecule has 0 saturated carbocycles. The number of aromatic nitrogens is 1. The van der Waals surface area contributed by atoms with Gasteiger partial charge in [0.1, 0.15) is 5.52 Å². The van der Waals surface area contributed by atoms with Crippen molar-refractivity contribution in [1.29, 1.82) is 0 Å². The fourth-order valence-corrected chi connectivity index (χ4v) is 3.36. The van der Waals surface area contributed by atoms with Crippen LogP contribution in [0.25, 0.3) is 21.0 Å². The standard InChI is InChI=1S/C14H14N2S/c1-2-5-12-16-13-11(15)8-9-6-3-4-7-10(9)14(13)17-12/h3-4,6-8H,2,5,15H2,1H3. The van der Waals surface area contributed by atoms with Crippen molar-refractivity contribution in [3.63, 3.8) is 0 Å². The highest BCUT2D eigenvalue weighted by atomic mass is 32.1. The van der Waals surface area contributed by atoms with Crippen molar-refractivity contribution in [3.05, 3.63) is 35.3 Å². The van der Waals surface area contributed by atoms with Gasteiger partial charge in [-0.15, -0.1) is 11.3 Å². The molecule has 0 amide bonds. The first-order valence-electron chi connectivity index (χ1n) is 5.86. The zero-order valence-electron chi connectivity index (χ0n) is 9.73. The predicted octanol–water partition coefficient (Wildman–Crippen LogP) is 3.98. The second-order valence-electron chi connectivity index (χ2n) is 4.22. The van der Waals surface area contributed by atoms with Crippen molar-refractivity contribution >= 4 is 38.0 Å². The highest BCUT2D eigenvalue weighted by Gasteiger charge is 2.10. The van der Waals surface area contributed by atoms with Crippen molar-refractivity contribution in [2.45, 2.75) is 19.8 Å². The van der Waals surface area contributed by atoms with Crippen LogP contribution < -0.4 is 5.73 Å². The maximum Gasteiger partial charge on any atom is 0.105 e. The molecule has 0 aliphatic rings. The average molecular weight is 242 g/mol. The third-order valence-corrected chi connectivity index (χ3v) is 4.07. The molecule has 0 spiro atoms. The predicted molar refractivity (Wildman–Crippen MR) is 75.5 cm³/mol. The Bertz CT molecular complexity index is 685. The largest absolute Gasteiger partial charge is 0.397 e. The summed E-state index contributed by atoms with van der Waals surface area (Å²) in [5.41, 5.74) is 7.83. The fourth-order valence-electron chi connectivity index (χ4n) is 2.13. The van der Waals surface area contributed by atoms with Gasteiger partial charge < -0.3 is 5.73 Å². The van der Waals surface area contributed by atoms with E-state index in [1.807, 2.05) is 12.1 Å². The minimum Gasteiger partial charge on any atom is -0.397 e. The number of nitrogens with two attached hydrogens (primary N) is 1. The molecule has 1 heterocycles. The van der Waals surface area contributed by atoms with Crippen molar-refractivity contribution in [2.24, 2.45) is 0 Å². The van der Waals surface area contributed by atoms with Crippen LogP contribution in [0, 0.1) is 0 Å². The van der Waals surface area contributed by atoms with Gasteiger partial charge in [-0.1, -0.05) is 31.2 Å². The van der Waals surface area contributed by atoms with Crippen LogP contribution in [0.5, 0.6) is 0 Å². The number of hydrogen-bond donors (Lipinski definition) is 1. The molecule has 0 unspecified atom stereocenters. The molecule has 17 heavy (non-hydrogen) atoms. The molecule has 3 heteroatoms. The van der Waals surface area contributed by atoms with E-state index in [-0.39, 0.29) is 0 Å². The minimum absolute atomic E-state index is 0.789. The highest BCUT2D eigenvalue weighted by molar-refractivity contribution is 7.19. The smallest absolute Gasteiger partial charge is 0.105 e. The number of rotatable bonds is 2. The van der Waals surface area contributed by atoms with E-state index in [0.717, 1.165) is 24.0 Å². The van der Waals surface area contributed by atoms with Crippen LogP contribution in [0.1, 0.15) is 18.4 Å². The maximum absolute atomic E-state index is 6.08. The summed E-state index contributed by atoms with van der Waals surface area (Å²) in [6.07, 6.45) is 2.16. The van der Waals surface area contributed by atoms with Crippen LogP contribution in [0.3, 0.4) is 0 Å². The van der Waals surface area contributed by atoms with Gasteiger partial charge in [0.15, 0.2) is 0 Å². The lowest BCUT2D eigenvalue weighted by molar-refractivity contribution is 0.913. The summed E-state index contributed by atoms with van der Waals surface area (Å²) >= 11 is 1.77. The molecule has 0 aliphatic heterocycles. The molecule has 3 aromatic rings. The molecule has 0 radical (unpaired) electrons. The number of nitrogen functional groups attached to an aromatic ring is 1. The van der Waals surface area contributed by atoms with E-state index in [1.54, 1.807) is 11.3 Å². The number of aryl methyl sites for hydroxylation is 1. The Morgan fingerprint density at radius 2 is 2.12 bits per heavy atom. The lowest BCUT2D eigenvalue weighted by Crippen LogP contribution is -1.87. The normalized spacial score (nSPS) is 11.4. The molecule has 3 rings (SSSR count). The van der Waals surface area contributed by atoms with Gasteiger partial charge in [-0.05, 0) is 24.3 Å². The molecule has 0 atom stereocenters. The number of thiazole rings is 1. The summed E-state index contributed by atoms with van der Waals surface area (Å²) in [6.45, 7) is 2.17. The molecular formula is C14H14N2S. The molecule has 0 aliphatic carbocycles. The summed E-state index contributed by atoms with van der Waals surface area (Å²) < 4.78 is 1.23. The van der Waals surface area contributed by atoms with Crippen LogP contribution in [-0.4, -0.2) is 4.98 Å². The molecule has 2 N–H and O–H groups in total. The highest BCUT2D eigenvalue weighted by Crippen LogP contribution is 2.34. The van der Waals surface area contributed by atoms with Gasteiger partial charge in [-0.25, -0.2) is 4.98 Å². The van der Waals surface area contributed by atoms with Crippen LogP contribution in [0.2, 0.25) is 0 Å². The first-order valence-corrected chi connectivity index (χ1v) is 6.68. The number of nitrogens with zero attached hydrogens (tertiary/aromatic N) is 1. The number of anilines is 1. The maximum atomic E-state index is 6.08. The summed E-state index contributed by atoms with van der Waals surface area (Å²) in [5.74, 6) is 0. The lowest BCUT2D eigenvalue weighted by atomic mass is 10.1. The van der Waals surface area contributed by atoms with Crippen molar-refractivity contribution < 1.29 is 0 Å². The van der Waals surface area contributed by atoms with Gasteiger partial charge in [0.05, 0.1) is 15.4 Å². The van der Waals surface area contributed by atoms with Crippen molar-refractivity contribution in [2.75, 3.05) is 5.73 Å². The monoisotopic (exact) mass is 242 g/mol. The Morgan fingerprint density at radius 1 is 1.29 bits per heavy atom. The molecular weight excluding hydrogens is 228 g/mol. The number of hydrogen-bond acceptors (Lipinski definition) is 3. The van der Waals surface area contributed by atoms with Crippen molar-refractivity contribution in [3.8, 4) is 0 Å². The summed E-state index contributed by atoms with van der Waals surface area (Å²) in [6, 6.07) is 10.4. The molecule has 1 aromatic heterocycles. The zero-order chi connectivity index (χ0) is 11.8. The van der Waals surface area contributed by atoms with Gasteiger partial charge in [0, 0.05) is 5.39 Å². The fraction of sp³-hybridized carbons (Fsp3) is 0.214. The van der Waals surface area contributed by atoms with E-state index in [1.165, 1.54) is 20.5 Å². The summed E-state index contributed by atoms with van der Waals surface area (Å²) in [5, 5.41) is 3.64. The van der Waals surface area contributed by atoms with Crippen LogP contribution in [0.15, 0.2) is 30.3 Å². The zero-order valence-corrected chi connectivity index (χ0v) is 10.6. The van der Waals surface area contributed by atoms with Crippen LogP contribution in [-0.2, 0) is 6.42 Å². The van der Waals surface area contributed by atoms with E-state index < -0.39 is 0 Å². The van der Waals surface area contributed by atoms with E-state index in [4.69, 9.17) is 5.73 Å². The minimum atomic E-state index is 0.789. The quantitative estimate of drug-likeness (QED) is 0.690. The third kappa shape index (κ3) is 1.67. The molecule has 2 aromatic carbocycles. The Hall–Kier alpha value is -1.61. The van der Waals surface area contributed by atoms with Gasteiger partial charge in [0.2, 0.25) is 0 Å². The third-order valence-electron chi connectivity index (χ3n) is 2.93. The number of fused-ring (bicyclic) bond motifs is 3.